The second-order valence-corrected chi connectivity index (χ2v) is 38.7. The summed E-state index contributed by atoms with van der Waals surface area (Å²) >= 11 is 0. The number of hydrogen-bond donors (Lipinski definition) is 0. The van der Waals surface area contributed by atoms with Crippen molar-refractivity contribution in [1.82, 2.24) is 0 Å². The van der Waals surface area contributed by atoms with Crippen LogP contribution in [0.2, 0.25) is 36.3 Å². The molecule has 0 saturated carbocycles. The number of unbranched alkanes of at least 4 members (excludes halogenated alkanes) is 30. The van der Waals surface area contributed by atoms with Crippen molar-refractivity contribution < 1.29 is 37.0 Å². The van der Waals surface area contributed by atoms with Crippen molar-refractivity contribution in [2.75, 3.05) is 0 Å². The molecular weight excluding hydrogens is 889 g/mol. The van der Waals surface area contributed by atoms with E-state index in [2.05, 4.69) is 41.5 Å². The van der Waals surface area contributed by atoms with Crippen molar-refractivity contribution in [2.45, 2.75) is 309 Å². The maximum atomic E-state index is 7.91. The maximum Gasteiger partial charge on any atom is 0.478 e. The van der Waals surface area contributed by atoms with Crippen LogP contribution in [0.25, 0.3) is 0 Å². The van der Waals surface area contributed by atoms with Crippen molar-refractivity contribution in [3.8, 4) is 0 Å². The van der Waals surface area contributed by atoms with Gasteiger partial charge in [0.2, 0.25) is 0 Å². The average Bonchev–Trinajstić information content (AvgIpc) is 3.24. The van der Waals surface area contributed by atoms with E-state index in [4.69, 9.17) is 37.0 Å². The molecular formula is C48H102O9Si6. The maximum absolute atomic E-state index is 7.91. The summed E-state index contributed by atoms with van der Waals surface area (Å²) in [7, 11) is -20.8. The Bertz CT molecular complexity index is 940. The molecule has 5 heterocycles. The second-order valence-electron chi connectivity index (χ2n) is 20.1. The third kappa shape index (κ3) is 19.7. The SMILES string of the molecule is CCCCCCCC[Si]12O[Si]3(CCCCCCCC)O[Si](CCCCCCCC)(O1)O[Si]1(CCCCCCCC)O[Si](CCCCCCCC)(O[Si](CCCCCCCC)(O1)O3)O2. The normalized spacial score (nSPS) is 30.0. The molecule has 372 valence electrons. The summed E-state index contributed by atoms with van der Waals surface area (Å²) in [6, 6.07) is 4.60. The first-order valence-corrected chi connectivity index (χ1v) is 39.6. The van der Waals surface area contributed by atoms with Gasteiger partial charge in [0.15, 0.2) is 0 Å². The first kappa shape index (κ1) is 56.5. The Labute approximate surface area is 396 Å². The Kier molecular flexibility index (Phi) is 28.0. The standard InChI is InChI=1S/C48H102O9Si6/c1-7-13-19-25-31-37-43-58-49-59(44-38-32-26-20-14-8-2)51-60(50-58,45-39-33-27-21-15-9-3)57-63(48-42-36-30-24-18-12-6)53-61(55-58,46-40-34-28-22-16-10-4)52-62(54-63,56-59)47-41-35-29-23-17-11-5/h7-48H2,1-6H3. The van der Waals surface area contributed by atoms with Gasteiger partial charge in [0.05, 0.1) is 0 Å². The van der Waals surface area contributed by atoms with Crippen LogP contribution in [0.15, 0.2) is 0 Å². The van der Waals surface area contributed by atoms with Gasteiger partial charge in [0.25, 0.3) is 0 Å². The average molecular weight is 992 g/mol. The molecule has 0 N–H and O–H groups in total. The zero-order valence-corrected chi connectivity index (χ0v) is 48.4. The zero-order valence-electron chi connectivity index (χ0n) is 42.4. The molecule has 15 heteroatoms. The van der Waals surface area contributed by atoms with E-state index in [0.717, 1.165) is 113 Å². The van der Waals surface area contributed by atoms with Crippen LogP contribution < -0.4 is 0 Å². The van der Waals surface area contributed by atoms with Gasteiger partial charge in [-0.2, -0.15) is 0 Å². The molecule has 0 aromatic carbocycles. The third-order valence-corrected chi connectivity index (χ3v) is 42.0. The first-order chi connectivity index (χ1) is 30.7. The van der Waals surface area contributed by atoms with Gasteiger partial charge in [-0.05, 0) is 38.5 Å². The van der Waals surface area contributed by atoms with Crippen molar-refractivity contribution >= 4 is 52.8 Å². The predicted molar refractivity (Wildman–Crippen MR) is 273 cm³/mol. The molecule has 6 bridgehead atoms. The summed E-state index contributed by atoms with van der Waals surface area (Å²) in [6.45, 7) is 13.8. The molecule has 0 unspecified atom stereocenters. The fraction of sp³-hybridized carbons (Fsp3) is 1.00. The number of rotatable bonds is 42. The van der Waals surface area contributed by atoms with E-state index in [1.54, 1.807) is 0 Å². The van der Waals surface area contributed by atoms with Crippen LogP contribution in [-0.4, -0.2) is 52.8 Å². The molecule has 9 nitrogen and oxygen atoms in total. The van der Waals surface area contributed by atoms with Gasteiger partial charge in [0, 0.05) is 36.3 Å². The monoisotopic (exact) mass is 991 g/mol. The largest absolute Gasteiger partial charge is 0.478 e. The van der Waals surface area contributed by atoms with Gasteiger partial charge in [0.1, 0.15) is 0 Å². The lowest BCUT2D eigenvalue weighted by atomic mass is 10.1. The molecule has 5 rings (SSSR count). The Balaban J connectivity index is 1.81. The van der Waals surface area contributed by atoms with Crippen molar-refractivity contribution in [3.63, 3.8) is 0 Å². The summed E-state index contributed by atoms with van der Waals surface area (Å²) in [4.78, 5) is 0. The van der Waals surface area contributed by atoms with Gasteiger partial charge in [-0.15, -0.1) is 0 Å². The van der Waals surface area contributed by atoms with Gasteiger partial charge >= 0.3 is 52.8 Å². The molecule has 5 saturated heterocycles. The van der Waals surface area contributed by atoms with E-state index < -0.39 is 52.8 Å². The van der Waals surface area contributed by atoms with Crippen LogP contribution >= 0.6 is 0 Å². The quantitative estimate of drug-likeness (QED) is 0.0439. The lowest BCUT2D eigenvalue weighted by Crippen LogP contribution is -2.88. The summed E-state index contributed by atoms with van der Waals surface area (Å²) in [5.74, 6) is 0. The van der Waals surface area contributed by atoms with Gasteiger partial charge in [-0.25, -0.2) is 0 Å². The van der Waals surface area contributed by atoms with Crippen molar-refractivity contribution in [1.29, 1.82) is 0 Å². The Morgan fingerprint density at radius 3 is 0.397 bits per heavy atom. The highest BCUT2D eigenvalue weighted by Gasteiger charge is 2.82. The van der Waals surface area contributed by atoms with Crippen LogP contribution in [0, 0.1) is 0 Å². The highest BCUT2D eigenvalue weighted by atomic mass is 28.6. The molecule has 0 amide bonds. The fourth-order valence-corrected chi connectivity index (χ4v) is 48.4. The Hall–Kier alpha value is 0.941. The third-order valence-electron chi connectivity index (χ3n) is 13.8. The minimum Gasteiger partial charge on any atom is -0.373 e. The summed E-state index contributed by atoms with van der Waals surface area (Å²) in [6.07, 6.45) is 43.2. The van der Waals surface area contributed by atoms with Gasteiger partial charge in [-0.3, -0.25) is 0 Å². The summed E-state index contributed by atoms with van der Waals surface area (Å²) < 4.78 is 69.9. The minimum atomic E-state index is -3.47. The van der Waals surface area contributed by atoms with Crippen LogP contribution in [0.4, 0.5) is 0 Å². The van der Waals surface area contributed by atoms with E-state index in [9.17, 15) is 0 Å². The molecule has 0 atom stereocenters. The molecule has 5 aliphatic heterocycles. The molecule has 0 spiro atoms. The number of hydrogen-bond acceptors (Lipinski definition) is 9. The molecule has 0 aromatic heterocycles. The summed E-state index contributed by atoms with van der Waals surface area (Å²) in [5, 5.41) is 0. The van der Waals surface area contributed by atoms with Gasteiger partial charge in [-0.1, -0.05) is 234 Å². The molecule has 0 aliphatic carbocycles. The van der Waals surface area contributed by atoms with Gasteiger partial charge < -0.3 is 37.0 Å². The van der Waals surface area contributed by atoms with E-state index in [1.807, 2.05) is 0 Å². The molecule has 0 radical (unpaired) electrons. The Morgan fingerprint density at radius 1 is 0.159 bits per heavy atom. The highest BCUT2D eigenvalue weighted by Crippen LogP contribution is 2.54. The lowest BCUT2D eigenvalue weighted by molar-refractivity contribution is -0.0326. The highest BCUT2D eigenvalue weighted by molar-refractivity contribution is 7.02. The predicted octanol–water partition coefficient (Wildman–Crippen LogP) is 17.0. The minimum absolute atomic E-state index is 0.766. The van der Waals surface area contributed by atoms with E-state index in [-0.39, 0.29) is 0 Å². The van der Waals surface area contributed by atoms with E-state index in [1.165, 1.54) is 154 Å². The topological polar surface area (TPSA) is 83.1 Å². The Morgan fingerprint density at radius 2 is 0.270 bits per heavy atom. The summed E-state index contributed by atoms with van der Waals surface area (Å²) in [5.41, 5.74) is 0. The molecule has 0 aromatic rings. The van der Waals surface area contributed by atoms with Crippen LogP contribution in [0.5, 0.6) is 0 Å². The van der Waals surface area contributed by atoms with Crippen molar-refractivity contribution in [2.24, 2.45) is 0 Å². The smallest absolute Gasteiger partial charge is 0.373 e. The van der Waals surface area contributed by atoms with Crippen LogP contribution in [-0.2, 0) is 37.0 Å². The van der Waals surface area contributed by atoms with Crippen LogP contribution in [0.1, 0.15) is 273 Å². The first-order valence-electron chi connectivity index (χ1n) is 28.0. The lowest BCUT2D eigenvalue weighted by Gasteiger charge is -2.63. The zero-order chi connectivity index (χ0) is 45.1. The molecule has 63 heavy (non-hydrogen) atoms. The second kappa shape index (κ2) is 31.2. The van der Waals surface area contributed by atoms with Crippen molar-refractivity contribution in [3.05, 3.63) is 0 Å². The molecule has 5 aliphatic rings. The van der Waals surface area contributed by atoms with E-state index >= 15 is 0 Å². The van der Waals surface area contributed by atoms with Crippen LogP contribution in [0.3, 0.4) is 0 Å². The van der Waals surface area contributed by atoms with E-state index in [0.29, 0.717) is 0 Å². The fourth-order valence-electron chi connectivity index (χ4n) is 10.2. The molecule has 5 fully saturated rings.